The van der Waals surface area contributed by atoms with E-state index in [-0.39, 0.29) is 11.6 Å². The molecule has 0 bridgehead atoms. The van der Waals surface area contributed by atoms with Gasteiger partial charge in [0, 0.05) is 0 Å². The maximum atomic E-state index is 12.6. The molecule has 5 heteroatoms. The summed E-state index contributed by atoms with van der Waals surface area (Å²) >= 11 is 0.674. The molecular weight excluding hydrogens is 506 g/mol. The minimum atomic E-state index is -0.734. The fraction of sp³-hybridized carbons (Fsp3) is 0.0400. The summed E-state index contributed by atoms with van der Waals surface area (Å²) < 4.78 is 2.39. The van der Waals surface area contributed by atoms with Gasteiger partial charge >= 0.3 is 188 Å². The second-order valence-electron chi connectivity index (χ2n) is 7.36. The molecule has 0 saturated heterocycles. The van der Waals surface area contributed by atoms with Gasteiger partial charge in [-0.25, -0.2) is 0 Å². The van der Waals surface area contributed by atoms with Crippen LogP contribution in [0.2, 0.25) is 0 Å². The molecule has 1 aliphatic carbocycles. The molecule has 0 unspecified atom stereocenters. The third-order valence-corrected chi connectivity index (χ3v) is 9.25. The minimum absolute atomic E-state index is 0.133. The van der Waals surface area contributed by atoms with E-state index in [0.29, 0.717) is 16.7 Å². The van der Waals surface area contributed by atoms with Gasteiger partial charge in [0.2, 0.25) is 0 Å². The summed E-state index contributed by atoms with van der Waals surface area (Å²) in [6.07, 6.45) is 2.77. The fourth-order valence-corrected chi connectivity index (χ4v) is 7.79. The quantitative estimate of drug-likeness (QED) is 0.172. The number of anilines is 3. The van der Waals surface area contributed by atoms with E-state index in [0.717, 1.165) is 10.0 Å². The molecule has 3 nitrogen and oxygen atoms in total. The topological polar surface area (TPSA) is 37.4 Å². The zero-order valence-corrected chi connectivity index (χ0v) is 18.9. The Balaban J connectivity index is 1.43. The van der Waals surface area contributed by atoms with E-state index >= 15 is 0 Å². The van der Waals surface area contributed by atoms with Gasteiger partial charge in [0.05, 0.1) is 0 Å². The Bertz CT molecular complexity index is 1300. The number of benzene rings is 2. The van der Waals surface area contributed by atoms with Crippen molar-refractivity contribution in [1.29, 1.82) is 0 Å². The first-order valence-electron chi connectivity index (χ1n) is 9.64. The van der Waals surface area contributed by atoms with Gasteiger partial charge in [-0.1, -0.05) is 0 Å². The van der Waals surface area contributed by atoms with Crippen molar-refractivity contribution in [3.05, 3.63) is 103 Å². The van der Waals surface area contributed by atoms with E-state index in [4.69, 9.17) is 0 Å². The van der Waals surface area contributed by atoms with Gasteiger partial charge < -0.3 is 0 Å². The van der Waals surface area contributed by atoms with E-state index in [1.807, 2.05) is 6.08 Å². The van der Waals surface area contributed by atoms with Gasteiger partial charge in [-0.15, -0.1) is 0 Å². The number of para-hydroxylation sites is 2. The number of allylic oxidation sites excluding steroid dienone is 1. The van der Waals surface area contributed by atoms with E-state index in [1.165, 1.54) is 37.5 Å². The summed E-state index contributed by atoms with van der Waals surface area (Å²) in [6.45, 7) is 0. The van der Waals surface area contributed by atoms with E-state index in [9.17, 15) is 9.59 Å². The van der Waals surface area contributed by atoms with Gasteiger partial charge in [0.25, 0.3) is 0 Å². The van der Waals surface area contributed by atoms with Crippen LogP contribution in [0.1, 0.15) is 35.4 Å². The predicted molar refractivity (Wildman–Crippen MR) is 122 cm³/mol. The molecule has 144 valence electrons. The molecule has 0 saturated carbocycles. The predicted octanol–water partition coefficient (Wildman–Crippen LogP) is 5.64. The molecule has 2 aromatic carbocycles. The van der Waals surface area contributed by atoms with Crippen molar-refractivity contribution in [3.8, 4) is 0 Å². The van der Waals surface area contributed by atoms with E-state index < -0.39 is 20.4 Å². The number of thiophene rings is 1. The van der Waals surface area contributed by atoms with Crippen LogP contribution in [-0.2, 0) is 6.42 Å². The number of Topliss-reactive ketones (excluding diaryl/α,β-unsaturated/α-hetero) is 2. The molecule has 2 aromatic heterocycles. The van der Waals surface area contributed by atoms with Crippen LogP contribution in [-0.4, -0.2) is 32.0 Å². The normalized spacial score (nSPS) is 14.5. The van der Waals surface area contributed by atoms with Crippen molar-refractivity contribution in [2.24, 2.45) is 0 Å². The van der Waals surface area contributed by atoms with Gasteiger partial charge in [0.1, 0.15) is 0 Å². The molecule has 6 rings (SSSR count). The average Bonchev–Trinajstić information content (AvgIpc) is 3.48. The van der Waals surface area contributed by atoms with Crippen LogP contribution in [0.15, 0.2) is 77.0 Å². The van der Waals surface area contributed by atoms with Gasteiger partial charge in [0.15, 0.2) is 0 Å². The SMILES string of the molecule is O=C1C(=Cc2ccc(N3c4ccccc4Cc4ccccc43)[te]2)C(=O)c2cscc21. The molecule has 30 heavy (non-hydrogen) atoms. The molecule has 3 heterocycles. The number of ketones is 2. The first-order valence-corrected chi connectivity index (χ1v) is 12.9. The summed E-state index contributed by atoms with van der Waals surface area (Å²) in [5, 5.41) is 3.56. The Morgan fingerprint density at radius 2 is 1.40 bits per heavy atom. The molecular formula is C25H15NO2STe. The number of hydrogen-bond donors (Lipinski definition) is 0. The van der Waals surface area contributed by atoms with Crippen LogP contribution < -0.4 is 4.90 Å². The Morgan fingerprint density at radius 1 is 0.800 bits per heavy atom. The van der Waals surface area contributed by atoms with Gasteiger partial charge in [-0.05, 0) is 0 Å². The Morgan fingerprint density at radius 3 is 2.03 bits per heavy atom. The molecule has 0 amide bonds. The number of nitrogens with zero attached hydrogens (tertiary/aromatic N) is 1. The zero-order chi connectivity index (χ0) is 20.2. The summed E-state index contributed by atoms with van der Waals surface area (Å²) in [4.78, 5) is 27.7. The maximum absolute atomic E-state index is 12.6. The van der Waals surface area contributed by atoms with Crippen molar-refractivity contribution < 1.29 is 9.59 Å². The summed E-state index contributed by atoms with van der Waals surface area (Å²) in [6, 6.07) is 21.3. The molecule has 0 fully saturated rings. The Hall–Kier alpha value is -2.71. The first-order chi connectivity index (χ1) is 14.7. The third-order valence-electron chi connectivity index (χ3n) is 5.61. The third kappa shape index (κ3) is 2.70. The molecule has 0 atom stereocenters. The molecule has 0 N–H and O–H groups in total. The molecule has 4 aromatic rings. The second-order valence-corrected chi connectivity index (χ2v) is 11.2. The van der Waals surface area contributed by atoms with Crippen molar-refractivity contribution in [3.63, 3.8) is 0 Å². The molecule has 1 aliphatic heterocycles. The van der Waals surface area contributed by atoms with Crippen LogP contribution in [0.3, 0.4) is 0 Å². The van der Waals surface area contributed by atoms with Crippen LogP contribution >= 0.6 is 11.3 Å². The number of rotatable bonds is 2. The van der Waals surface area contributed by atoms with Crippen LogP contribution in [0, 0.1) is 0 Å². The van der Waals surface area contributed by atoms with Crippen LogP contribution in [0.5, 0.6) is 0 Å². The summed E-state index contributed by atoms with van der Waals surface area (Å²) in [5.41, 5.74) is 6.53. The monoisotopic (exact) mass is 523 g/mol. The van der Waals surface area contributed by atoms with Crippen LogP contribution in [0.4, 0.5) is 15.1 Å². The average molecular weight is 521 g/mol. The summed E-state index contributed by atoms with van der Waals surface area (Å²) in [7, 11) is 0. The number of carbonyl (C=O) groups is 2. The second kappa shape index (κ2) is 6.92. The van der Waals surface area contributed by atoms with Crippen LogP contribution in [0.25, 0.3) is 6.08 Å². The van der Waals surface area contributed by atoms with Crippen molar-refractivity contribution in [1.82, 2.24) is 0 Å². The standard InChI is InChI=1S/C25H15NO2STe/c27-24-18(25(28)20-14-29-13-19(20)24)12-17-9-10-23(30-17)26-21-7-3-1-5-15(21)11-16-6-2-4-8-22(16)26/h1-10,12-14H,11H2. The number of hydrogen-bond acceptors (Lipinski definition) is 4. The van der Waals surface area contributed by atoms with Crippen molar-refractivity contribution in [2.45, 2.75) is 6.42 Å². The fourth-order valence-electron chi connectivity index (χ4n) is 4.18. The first kappa shape index (κ1) is 18.1. The Labute approximate surface area is 187 Å². The molecule has 0 radical (unpaired) electrons. The van der Waals surface area contributed by atoms with Gasteiger partial charge in [-0.3, -0.25) is 0 Å². The van der Waals surface area contributed by atoms with E-state index in [1.54, 1.807) is 10.8 Å². The molecule has 2 aliphatic rings. The van der Waals surface area contributed by atoms with Gasteiger partial charge in [-0.2, -0.15) is 0 Å². The van der Waals surface area contributed by atoms with Crippen molar-refractivity contribution >= 4 is 64.5 Å². The van der Waals surface area contributed by atoms with E-state index in [2.05, 4.69) is 65.6 Å². The van der Waals surface area contributed by atoms with Crippen molar-refractivity contribution in [2.75, 3.05) is 4.90 Å². The number of fused-ring (bicyclic) bond motifs is 3. The zero-order valence-electron chi connectivity index (χ0n) is 15.8. The summed E-state index contributed by atoms with van der Waals surface area (Å²) in [5.74, 6) is -0.265. The number of carbonyl (C=O) groups excluding carboxylic acids is 2. The Kier molecular flexibility index (Phi) is 4.17. The molecule has 0 spiro atoms.